The average molecular weight is 419 g/mol. The molecule has 29 heavy (non-hydrogen) atoms. The monoisotopic (exact) mass is 418 g/mol. The molecule has 1 aliphatic rings. The zero-order chi connectivity index (χ0) is 21.1. The lowest BCUT2D eigenvalue weighted by Gasteiger charge is -2.31. The van der Waals surface area contributed by atoms with Crippen molar-refractivity contribution in [3.05, 3.63) is 71.3 Å². The van der Waals surface area contributed by atoms with Crippen molar-refractivity contribution in [2.24, 2.45) is 0 Å². The third-order valence-electron chi connectivity index (χ3n) is 4.96. The van der Waals surface area contributed by atoms with Crippen molar-refractivity contribution in [3.63, 3.8) is 0 Å². The molecule has 0 unspecified atom stereocenters. The van der Waals surface area contributed by atoms with Gasteiger partial charge in [-0.15, -0.1) is 11.8 Å². The van der Waals surface area contributed by atoms with E-state index >= 15 is 0 Å². The summed E-state index contributed by atoms with van der Waals surface area (Å²) in [5.74, 6) is -1.20. The van der Waals surface area contributed by atoms with Gasteiger partial charge < -0.3 is 9.80 Å². The summed E-state index contributed by atoms with van der Waals surface area (Å²) in [6.07, 6.45) is 0. The minimum atomic E-state index is -0.473. The van der Waals surface area contributed by atoms with Gasteiger partial charge in [-0.2, -0.15) is 0 Å². The van der Waals surface area contributed by atoms with E-state index in [0.717, 1.165) is 0 Å². The van der Waals surface area contributed by atoms with E-state index in [1.165, 1.54) is 36.0 Å². The fourth-order valence-electron chi connectivity index (χ4n) is 3.42. The molecule has 0 radical (unpaired) electrons. The second-order valence-electron chi connectivity index (χ2n) is 7.29. The maximum absolute atomic E-state index is 14.3. The van der Waals surface area contributed by atoms with E-state index in [9.17, 15) is 18.4 Å². The quantitative estimate of drug-likeness (QED) is 0.695. The normalized spacial score (nSPS) is 19.1. The number of rotatable bonds is 6. The Labute approximate surface area is 173 Å². The van der Waals surface area contributed by atoms with E-state index in [0.29, 0.717) is 5.56 Å². The van der Waals surface area contributed by atoms with Crippen molar-refractivity contribution in [1.82, 2.24) is 9.80 Å². The van der Waals surface area contributed by atoms with Crippen LogP contribution in [-0.4, -0.2) is 46.0 Å². The largest absolute Gasteiger partial charge is 0.334 e. The fraction of sp³-hybridized carbons (Fsp3) is 0.364. The van der Waals surface area contributed by atoms with Crippen molar-refractivity contribution in [1.29, 1.82) is 0 Å². The van der Waals surface area contributed by atoms with Gasteiger partial charge in [-0.05, 0) is 45.0 Å². The van der Waals surface area contributed by atoms with Gasteiger partial charge in [0.2, 0.25) is 5.91 Å². The highest BCUT2D eigenvalue weighted by Crippen LogP contribution is 2.43. The molecule has 2 aromatic carbocycles. The van der Waals surface area contributed by atoms with Gasteiger partial charge in [0.25, 0.3) is 5.91 Å². The van der Waals surface area contributed by atoms with Crippen LogP contribution in [0.3, 0.4) is 0 Å². The molecule has 4 nitrogen and oxygen atoms in total. The van der Waals surface area contributed by atoms with Gasteiger partial charge in [0, 0.05) is 30.3 Å². The Morgan fingerprint density at radius 3 is 2.55 bits per heavy atom. The summed E-state index contributed by atoms with van der Waals surface area (Å²) in [6, 6.07) is 11.9. The number of carbonyl (C=O) groups is 2. The predicted molar refractivity (Wildman–Crippen MR) is 110 cm³/mol. The lowest BCUT2D eigenvalue weighted by molar-refractivity contribution is -0.130. The van der Waals surface area contributed by atoms with E-state index in [4.69, 9.17) is 0 Å². The second-order valence-corrected chi connectivity index (χ2v) is 8.71. The molecule has 2 atom stereocenters. The molecule has 1 heterocycles. The van der Waals surface area contributed by atoms with Gasteiger partial charge in [-0.3, -0.25) is 9.59 Å². The van der Waals surface area contributed by atoms with Crippen molar-refractivity contribution in [2.75, 3.05) is 13.1 Å². The number of benzene rings is 2. The molecular formula is C22H24F2N2O2S. The molecule has 2 amide bonds. The minimum absolute atomic E-state index is 0.0786. The van der Waals surface area contributed by atoms with Crippen molar-refractivity contribution >= 4 is 23.6 Å². The van der Waals surface area contributed by atoms with Gasteiger partial charge in [0.15, 0.2) is 0 Å². The smallest absolute Gasteiger partial charge is 0.254 e. The van der Waals surface area contributed by atoms with Crippen LogP contribution >= 0.6 is 11.8 Å². The van der Waals surface area contributed by atoms with Gasteiger partial charge >= 0.3 is 0 Å². The lowest BCUT2D eigenvalue weighted by atomic mass is 10.1. The number of nitrogens with zero attached hydrogens (tertiary/aromatic N) is 2. The van der Waals surface area contributed by atoms with Crippen LogP contribution in [0.15, 0.2) is 48.5 Å². The molecule has 1 fully saturated rings. The molecule has 0 aromatic heterocycles. The van der Waals surface area contributed by atoms with Crippen LogP contribution in [0, 0.1) is 11.6 Å². The van der Waals surface area contributed by atoms with Crippen LogP contribution in [0.4, 0.5) is 8.78 Å². The Hall–Kier alpha value is -2.41. The van der Waals surface area contributed by atoms with Gasteiger partial charge in [0.1, 0.15) is 17.0 Å². The fourth-order valence-corrected chi connectivity index (χ4v) is 4.75. The number of thioether (sulfide) groups is 1. The van der Waals surface area contributed by atoms with Crippen molar-refractivity contribution in [2.45, 2.75) is 37.4 Å². The minimum Gasteiger partial charge on any atom is -0.334 e. The Balaban J connectivity index is 1.79. The summed E-state index contributed by atoms with van der Waals surface area (Å²) in [7, 11) is 0. The van der Waals surface area contributed by atoms with Crippen LogP contribution in [0.25, 0.3) is 0 Å². The highest BCUT2D eigenvalue weighted by Gasteiger charge is 2.39. The third-order valence-corrected chi connectivity index (χ3v) is 6.33. The zero-order valence-electron chi connectivity index (χ0n) is 16.6. The topological polar surface area (TPSA) is 40.6 Å². The van der Waals surface area contributed by atoms with Crippen LogP contribution in [0.2, 0.25) is 0 Å². The summed E-state index contributed by atoms with van der Waals surface area (Å²) in [5.41, 5.74) is 0.725. The zero-order valence-corrected chi connectivity index (χ0v) is 17.5. The number of amides is 2. The van der Waals surface area contributed by atoms with Gasteiger partial charge in [-0.1, -0.05) is 24.3 Å². The summed E-state index contributed by atoms with van der Waals surface area (Å²) >= 11 is 1.40. The Bertz CT molecular complexity index is 906. The lowest BCUT2D eigenvalue weighted by Crippen LogP contribution is -2.44. The Kier molecular flexibility index (Phi) is 6.57. The van der Waals surface area contributed by atoms with Crippen LogP contribution in [0.1, 0.15) is 42.1 Å². The molecular weight excluding hydrogens is 394 g/mol. The molecule has 0 aliphatic carbocycles. The molecule has 3 rings (SSSR count). The average Bonchev–Trinajstić information content (AvgIpc) is 2.96. The molecule has 0 saturated carbocycles. The maximum atomic E-state index is 14.3. The van der Waals surface area contributed by atoms with E-state index in [1.54, 1.807) is 41.0 Å². The molecule has 154 valence electrons. The Morgan fingerprint density at radius 1 is 1.17 bits per heavy atom. The summed E-state index contributed by atoms with van der Waals surface area (Å²) in [4.78, 5) is 28.8. The summed E-state index contributed by atoms with van der Waals surface area (Å²) in [6.45, 7) is 6.09. The van der Waals surface area contributed by atoms with E-state index in [1.807, 2.05) is 13.8 Å². The predicted octanol–water partition coefficient (Wildman–Crippen LogP) is 4.48. The molecule has 0 spiro atoms. The van der Waals surface area contributed by atoms with Crippen LogP contribution in [-0.2, 0) is 4.79 Å². The first-order valence-electron chi connectivity index (χ1n) is 9.56. The molecule has 0 bridgehead atoms. The van der Waals surface area contributed by atoms with E-state index in [2.05, 4.69) is 0 Å². The summed E-state index contributed by atoms with van der Waals surface area (Å²) < 4.78 is 27.9. The number of hydrogen-bond donors (Lipinski definition) is 0. The molecule has 1 saturated heterocycles. The Morgan fingerprint density at radius 2 is 1.90 bits per heavy atom. The van der Waals surface area contributed by atoms with Gasteiger partial charge in [0.05, 0.1) is 5.25 Å². The number of halogens is 2. The molecule has 2 aromatic rings. The second kappa shape index (κ2) is 8.95. The standard InChI is InChI=1S/C22H24F2N2O2S/c1-14(2)25(21(28)16-7-6-8-17(23)13-16)11-12-26-20(27)15(3)29-22(26)18-9-4-5-10-19(18)24/h4-10,13-15,22H,11-12H2,1-3H3/t15-,22-/m0/s1. The van der Waals surface area contributed by atoms with Crippen LogP contribution in [0.5, 0.6) is 0 Å². The molecule has 7 heteroatoms. The van der Waals surface area contributed by atoms with Crippen molar-refractivity contribution < 1.29 is 18.4 Å². The molecule has 1 aliphatic heterocycles. The maximum Gasteiger partial charge on any atom is 0.254 e. The summed E-state index contributed by atoms with van der Waals surface area (Å²) in [5, 5.41) is -0.719. The van der Waals surface area contributed by atoms with Gasteiger partial charge in [-0.25, -0.2) is 8.78 Å². The highest BCUT2D eigenvalue weighted by molar-refractivity contribution is 8.01. The first-order valence-corrected chi connectivity index (χ1v) is 10.5. The SMILES string of the molecule is CC(C)N(CCN1C(=O)[C@H](C)S[C@H]1c1ccccc1F)C(=O)c1cccc(F)c1. The first-order chi connectivity index (χ1) is 13.8. The van der Waals surface area contributed by atoms with Crippen molar-refractivity contribution in [3.8, 4) is 0 Å². The third kappa shape index (κ3) is 4.61. The molecule has 0 N–H and O–H groups in total. The van der Waals surface area contributed by atoms with E-state index in [-0.39, 0.29) is 47.6 Å². The van der Waals surface area contributed by atoms with E-state index < -0.39 is 11.2 Å². The number of carbonyl (C=O) groups excluding carboxylic acids is 2. The first kappa shape index (κ1) is 21.3. The van der Waals surface area contributed by atoms with Crippen LogP contribution < -0.4 is 0 Å². The number of hydrogen-bond acceptors (Lipinski definition) is 3. The highest BCUT2D eigenvalue weighted by atomic mass is 32.2.